The van der Waals surface area contributed by atoms with Crippen LogP contribution in [0.25, 0.3) is 17.0 Å². The highest BCUT2D eigenvalue weighted by molar-refractivity contribution is 7.14. The van der Waals surface area contributed by atoms with Crippen molar-refractivity contribution in [3.05, 3.63) is 82.3 Å². The van der Waals surface area contributed by atoms with Gasteiger partial charge in [-0.25, -0.2) is 9.37 Å². The Kier molecular flexibility index (Phi) is 5.67. The molecule has 0 bridgehead atoms. The smallest absolute Gasteiger partial charge is 0.230 e. The van der Waals surface area contributed by atoms with Crippen LogP contribution in [-0.4, -0.2) is 21.7 Å². The van der Waals surface area contributed by atoms with Gasteiger partial charge >= 0.3 is 0 Å². The Bertz CT molecular complexity index is 1430. The molecule has 1 N–H and O–H groups in total. The van der Waals surface area contributed by atoms with Crippen LogP contribution in [-0.2, 0) is 4.79 Å². The van der Waals surface area contributed by atoms with Gasteiger partial charge in [0.1, 0.15) is 17.5 Å². The number of rotatable bonds is 5. The van der Waals surface area contributed by atoms with Crippen molar-refractivity contribution < 1.29 is 14.0 Å². The van der Waals surface area contributed by atoms with Gasteiger partial charge in [0, 0.05) is 28.9 Å². The molecule has 0 aliphatic heterocycles. The number of anilines is 2. The number of halogens is 1. The molecule has 0 fully saturated rings. The minimum Gasteiger partial charge on any atom is -0.358 e. The van der Waals surface area contributed by atoms with Crippen molar-refractivity contribution in [1.82, 2.24) is 9.97 Å². The fourth-order valence-corrected chi connectivity index (χ4v) is 4.32. The normalized spacial score (nSPS) is 11.4. The Morgan fingerprint density at radius 3 is 2.62 bits per heavy atom. The number of carbonyl (C=O) groups is 2. The third-order valence-corrected chi connectivity index (χ3v) is 5.73. The molecule has 8 heteroatoms. The molecule has 32 heavy (non-hydrogen) atoms. The summed E-state index contributed by atoms with van der Waals surface area (Å²) in [7, 11) is 0. The van der Waals surface area contributed by atoms with E-state index < -0.39 is 17.5 Å². The largest absolute Gasteiger partial charge is 0.358 e. The van der Waals surface area contributed by atoms with E-state index in [1.165, 1.54) is 31.2 Å². The van der Waals surface area contributed by atoms with Gasteiger partial charge in [-0.15, -0.1) is 11.3 Å². The number of fused-ring (bicyclic) bond motifs is 1. The summed E-state index contributed by atoms with van der Waals surface area (Å²) >= 11 is 1.11. The molecule has 0 spiro atoms. The van der Waals surface area contributed by atoms with Crippen molar-refractivity contribution in [2.24, 2.45) is 0 Å². The zero-order valence-corrected chi connectivity index (χ0v) is 18.0. The zero-order valence-electron chi connectivity index (χ0n) is 17.2. The first-order valence-electron chi connectivity index (χ1n) is 9.65. The lowest BCUT2D eigenvalue weighted by atomic mass is 10.0. The number of thiazole rings is 1. The first kappa shape index (κ1) is 21.2. The Morgan fingerprint density at radius 2 is 1.91 bits per heavy atom. The maximum Gasteiger partial charge on any atom is 0.230 e. The quantitative estimate of drug-likeness (QED) is 0.248. The molecule has 6 nitrogen and oxygen atoms in total. The number of nitrogens with zero attached hydrogens (tertiary/aromatic N) is 3. The molecule has 4 rings (SSSR count). The highest BCUT2D eigenvalue weighted by atomic mass is 32.1. The number of carbonyl (C=O) groups excluding carboxylic acids is 2. The van der Waals surface area contributed by atoms with E-state index in [1.54, 1.807) is 18.4 Å². The van der Waals surface area contributed by atoms with Crippen LogP contribution in [0.3, 0.4) is 0 Å². The number of Topliss-reactive ketones (excluding diaryl/α,β-unsaturated/α-hetero) is 1. The Hall–Kier alpha value is -4.09. The third-order valence-electron chi connectivity index (χ3n) is 4.89. The predicted octanol–water partition coefficient (Wildman–Crippen LogP) is 5.55. The highest BCUT2D eigenvalue weighted by Gasteiger charge is 2.22. The van der Waals surface area contributed by atoms with Gasteiger partial charge in [0.15, 0.2) is 5.13 Å². The van der Waals surface area contributed by atoms with Crippen molar-refractivity contribution >= 4 is 50.8 Å². The summed E-state index contributed by atoms with van der Waals surface area (Å²) in [6, 6.07) is 15.2. The summed E-state index contributed by atoms with van der Waals surface area (Å²) in [4.78, 5) is 34.0. The van der Waals surface area contributed by atoms with Crippen molar-refractivity contribution in [3.8, 4) is 6.07 Å². The summed E-state index contributed by atoms with van der Waals surface area (Å²) in [6.07, 6.45) is 1.38. The lowest BCUT2D eigenvalue weighted by molar-refractivity contribution is -0.115. The summed E-state index contributed by atoms with van der Waals surface area (Å²) in [5.74, 6) is -1.39. The number of nitrogens with one attached hydrogen (secondary N) is 1. The molecule has 0 saturated heterocycles. The number of aromatic amines is 1. The zero-order chi connectivity index (χ0) is 22.8. The molecule has 0 radical (unpaired) electrons. The highest BCUT2D eigenvalue weighted by Crippen LogP contribution is 2.32. The number of amides is 1. The standard InChI is InChI=1S/C24H17FN4O2S/c1-14-22(18-7-3-5-9-20(18)27-14)23(31)16(12-26)11-17-13-32-24(28-17)29(15(2)30)21-10-6-4-8-19(21)25/h3-11,13,27H,1-2H3. The minimum absolute atomic E-state index is 0.0795. The molecule has 0 aliphatic rings. The van der Waals surface area contributed by atoms with Gasteiger partial charge in [0.25, 0.3) is 0 Å². The number of nitriles is 1. The Morgan fingerprint density at radius 1 is 1.19 bits per heavy atom. The number of aromatic nitrogens is 2. The van der Waals surface area contributed by atoms with E-state index in [2.05, 4.69) is 9.97 Å². The van der Waals surface area contributed by atoms with Gasteiger partial charge < -0.3 is 4.98 Å². The van der Waals surface area contributed by atoms with Crippen LogP contribution in [0.15, 0.2) is 59.5 Å². The first-order chi connectivity index (χ1) is 15.4. The van der Waals surface area contributed by atoms with Crippen LogP contribution < -0.4 is 4.90 Å². The predicted molar refractivity (Wildman–Crippen MR) is 122 cm³/mol. The second-order valence-electron chi connectivity index (χ2n) is 7.03. The second-order valence-corrected chi connectivity index (χ2v) is 7.87. The van der Waals surface area contributed by atoms with Crippen LogP contribution in [0.5, 0.6) is 0 Å². The van der Waals surface area contributed by atoms with Crippen molar-refractivity contribution in [2.75, 3.05) is 4.90 Å². The van der Waals surface area contributed by atoms with E-state index >= 15 is 0 Å². The van der Waals surface area contributed by atoms with E-state index in [1.807, 2.05) is 30.3 Å². The van der Waals surface area contributed by atoms with Gasteiger partial charge in [-0.1, -0.05) is 30.3 Å². The molecule has 2 aromatic heterocycles. The van der Waals surface area contributed by atoms with Crippen LogP contribution in [0.4, 0.5) is 15.2 Å². The molecule has 0 saturated carbocycles. The maximum atomic E-state index is 14.3. The van der Waals surface area contributed by atoms with E-state index in [0.29, 0.717) is 17.0 Å². The lowest BCUT2D eigenvalue weighted by Crippen LogP contribution is -2.23. The number of H-pyrrole nitrogens is 1. The number of aryl methyl sites for hydroxylation is 1. The average Bonchev–Trinajstić information content (AvgIpc) is 3.36. The number of allylic oxidation sites excluding steroid dienone is 1. The van der Waals surface area contributed by atoms with E-state index in [0.717, 1.165) is 27.1 Å². The van der Waals surface area contributed by atoms with Gasteiger partial charge in [-0.05, 0) is 31.2 Å². The maximum absolute atomic E-state index is 14.3. The van der Waals surface area contributed by atoms with Gasteiger partial charge in [-0.2, -0.15) is 5.26 Å². The first-order valence-corrected chi connectivity index (χ1v) is 10.5. The van der Waals surface area contributed by atoms with E-state index in [4.69, 9.17) is 0 Å². The SMILES string of the molecule is CC(=O)N(c1nc(C=C(C#N)C(=O)c2c(C)[nH]c3ccccc23)cs1)c1ccccc1F. The average molecular weight is 444 g/mol. The molecular formula is C24H17FN4O2S. The Balaban J connectivity index is 1.71. The molecule has 158 valence electrons. The van der Waals surface area contributed by atoms with Crippen LogP contribution in [0.2, 0.25) is 0 Å². The third kappa shape index (κ3) is 3.82. The fourth-order valence-electron chi connectivity index (χ4n) is 3.49. The summed E-state index contributed by atoms with van der Waals surface area (Å²) in [6.45, 7) is 3.09. The lowest BCUT2D eigenvalue weighted by Gasteiger charge is -2.18. The summed E-state index contributed by atoms with van der Waals surface area (Å²) in [5, 5.41) is 12.2. The molecule has 1 amide bonds. The van der Waals surface area contributed by atoms with Crippen LogP contribution in [0, 0.1) is 24.1 Å². The number of ketones is 1. The van der Waals surface area contributed by atoms with E-state index in [9.17, 15) is 19.2 Å². The fraction of sp³-hybridized carbons (Fsp3) is 0.0833. The topological polar surface area (TPSA) is 89.8 Å². The van der Waals surface area contributed by atoms with Gasteiger partial charge in [0.05, 0.1) is 16.9 Å². The molecule has 0 aliphatic carbocycles. The monoisotopic (exact) mass is 444 g/mol. The van der Waals surface area contributed by atoms with Gasteiger partial charge in [0.2, 0.25) is 11.7 Å². The van der Waals surface area contributed by atoms with Crippen molar-refractivity contribution in [1.29, 1.82) is 5.26 Å². The number of hydrogen-bond donors (Lipinski definition) is 1. The van der Waals surface area contributed by atoms with Crippen molar-refractivity contribution in [2.45, 2.75) is 13.8 Å². The van der Waals surface area contributed by atoms with Crippen molar-refractivity contribution in [3.63, 3.8) is 0 Å². The summed E-state index contributed by atoms with van der Waals surface area (Å²) in [5.41, 5.74) is 2.23. The van der Waals surface area contributed by atoms with E-state index in [-0.39, 0.29) is 16.4 Å². The second kappa shape index (κ2) is 8.57. The molecule has 2 heterocycles. The number of benzene rings is 2. The van der Waals surface area contributed by atoms with Crippen LogP contribution in [0.1, 0.15) is 28.7 Å². The molecule has 2 aromatic carbocycles. The molecule has 0 unspecified atom stereocenters. The van der Waals surface area contributed by atoms with Gasteiger partial charge in [-0.3, -0.25) is 14.5 Å². The minimum atomic E-state index is -0.558. The molecular weight excluding hydrogens is 427 g/mol. The molecule has 4 aromatic rings. The summed E-state index contributed by atoms with van der Waals surface area (Å²) < 4.78 is 14.3. The van der Waals surface area contributed by atoms with Crippen LogP contribution >= 0.6 is 11.3 Å². The molecule has 0 atom stereocenters. The number of hydrogen-bond acceptors (Lipinski definition) is 5. The number of para-hydroxylation sites is 2. The Labute approximate surface area is 187 Å².